The van der Waals surface area contributed by atoms with Crippen LogP contribution in [0.15, 0.2) is 107 Å². The Morgan fingerprint density at radius 3 is 1.27 bits per heavy atom. The maximum Gasteiger partial charge on any atom is 0.315 e. The third kappa shape index (κ3) is 52.8. The van der Waals surface area contributed by atoms with Crippen molar-refractivity contribution >= 4 is 91.1 Å². The summed E-state index contributed by atoms with van der Waals surface area (Å²) in [6.07, 6.45) is 8.50. The van der Waals surface area contributed by atoms with E-state index >= 15 is 0 Å². The average Bonchev–Trinajstić information content (AvgIpc) is 1.66. The molecular weight excluding hydrogens is 1960 g/mol. The highest BCUT2D eigenvalue weighted by Crippen LogP contribution is 2.33. The largest absolute Gasteiger partial charge is 0.466 e. The number of oxazole rings is 1. The molecule has 12 aromatic heterocycles. The number of hydrogen-bond donors (Lipinski definition) is 0. The van der Waals surface area contributed by atoms with E-state index in [1.165, 1.54) is 31.5 Å². The Balaban J connectivity index is 0.000000533. The van der Waals surface area contributed by atoms with Crippen molar-refractivity contribution in [2.24, 2.45) is 27.9 Å². The van der Waals surface area contributed by atoms with Crippen LogP contribution in [-0.2, 0) is 89.4 Å². The van der Waals surface area contributed by atoms with E-state index in [1.54, 1.807) is 95.4 Å². The van der Waals surface area contributed by atoms with E-state index in [2.05, 4.69) is 321 Å². The number of esters is 1. The highest BCUT2D eigenvalue weighted by molar-refractivity contribution is 8.14. The van der Waals surface area contributed by atoms with E-state index in [0.717, 1.165) is 87.1 Å². The van der Waals surface area contributed by atoms with E-state index in [0.29, 0.717) is 83.3 Å². The molecule has 32 nitrogen and oxygen atoms in total. The number of hydrogen-bond acceptors (Lipinski definition) is 36. The third-order valence-corrected chi connectivity index (χ3v) is 26.3. The molecule has 0 saturated heterocycles. The lowest BCUT2D eigenvalue weighted by atomic mass is 9.88. The first-order valence-corrected chi connectivity index (χ1v) is 55.0. The average molecular weight is 2130 g/mol. The van der Waals surface area contributed by atoms with Crippen molar-refractivity contribution in [1.82, 2.24) is 106 Å². The van der Waals surface area contributed by atoms with Crippen molar-refractivity contribution < 1.29 is 40.9 Å². The number of thiazole rings is 3. The summed E-state index contributed by atoms with van der Waals surface area (Å²) in [5, 5.41) is 68.9. The van der Waals surface area contributed by atoms with Gasteiger partial charge in [-0.1, -0.05) is 319 Å². The van der Waals surface area contributed by atoms with Gasteiger partial charge < -0.3 is 31.3 Å². The zero-order valence-corrected chi connectivity index (χ0v) is 102. The number of benzene rings is 1. The first-order valence-electron chi connectivity index (χ1n) is 49.7. The Bertz CT molecular complexity index is 5560. The second-order valence-corrected chi connectivity index (χ2v) is 52.4. The topological polar surface area (TPSA) is 410 Å². The summed E-state index contributed by atoms with van der Waals surface area (Å²) in [5.74, 6) is 11.1. The van der Waals surface area contributed by atoms with Crippen molar-refractivity contribution in [2.75, 3.05) is 18.9 Å². The Morgan fingerprint density at radius 2 is 1.00 bits per heavy atom. The molecule has 0 fully saturated rings. The van der Waals surface area contributed by atoms with Crippen molar-refractivity contribution in [3.63, 3.8) is 0 Å². The molecule has 0 atom stereocenters. The van der Waals surface area contributed by atoms with E-state index in [9.17, 15) is 9.59 Å². The first kappa shape index (κ1) is 132. The number of aromatic nitrogens is 21. The molecule has 2 aliphatic heterocycles. The highest BCUT2D eigenvalue weighted by Gasteiger charge is 2.29. The standard InChI is InChI=1S/C13H17N3.C10H16N2O3.C9H15NS.C8H13NO.C8H13NS.3C7H12N2O.C7H11NO.C7H13NS.C7H11NS.C6H10N2O.2C6H10N2S/c1-13(2,3)12-14-11(16(4)15-12)10-8-6-5-7-9-10;1-5-14-8(13)6-7-11-12-9(15-7)10(2,3)4;1-5-7-6-11-8(10-7)9(2,3)4;1-8(2,3)6-4-5-7(10)9-6;1-6-5-10-7(9-6)8(2,3)4;2*1-5-8-9-6(10-5)7(2,3)4;1-4-6-8-9-7(10-6)5(2)3;3*1-7(2,3)6-8-4-5-9-6;1-4(2)6-7-5(3)8-9-6;1-6(2,3)5-8-7-4-9-5;1-4(2)6-8-7-5(3)9-6/h5-9H,1-4H3;5-6H2,1-4H3;6H,5H2,1-4H3;4-5H2,1-3H3;5H,1-4H3;2*1-4H3;5H,4H2,1-3H3;4-5H,1-3H3;4-5H2,1-3H3;4-5H,1-3H3;3*4H,1-3H3. The summed E-state index contributed by atoms with van der Waals surface area (Å²) in [4.78, 5) is 55.9. The molecule has 1 aromatic carbocycles. The molecule has 15 rings (SSSR count). The fraction of sp³-hybridized carbons (Fsp3) is 0.648. The predicted molar refractivity (Wildman–Crippen MR) is 599 cm³/mol. The summed E-state index contributed by atoms with van der Waals surface area (Å²) in [7, 11) is 1.94. The molecule has 0 saturated carbocycles. The maximum absolute atomic E-state index is 11.1. The summed E-state index contributed by atoms with van der Waals surface area (Å²) in [6, 6.07) is 10.1. The van der Waals surface area contributed by atoms with Crippen LogP contribution in [0.5, 0.6) is 0 Å². The first-order chi connectivity index (χ1) is 67.0. The number of nitrogens with zero attached hydrogens (tertiary/aromatic N) is 23. The highest BCUT2D eigenvalue weighted by atomic mass is 32.2. The number of thioether (sulfide) groups is 1. The Labute approximate surface area is 896 Å². The summed E-state index contributed by atoms with van der Waals surface area (Å²) in [5.41, 5.74) is 7.29. The lowest BCUT2D eigenvalue weighted by molar-refractivity contribution is -0.142. The van der Waals surface area contributed by atoms with Crippen LogP contribution in [0, 0.1) is 45.4 Å². The molecule has 13 aromatic rings. The van der Waals surface area contributed by atoms with Crippen molar-refractivity contribution in [3.8, 4) is 11.4 Å². The molecule has 38 heteroatoms. The second kappa shape index (κ2) is 60.1. The number of rotatable bonds is 9. The summed E-state index contributed by atoms with van der Waals surface area (Å²) >= 11 is 10.4. The van der Waals surface area contributed by atoms with E-state index < -0.39 is 0 Å². The van der Waals surface area contributed by atoms with Gasteiger partial charge in [0.25, 0.3) is 0 Å². The molecule has 2 aliphatic rings. The summed E-state index contributed by atoms with van der Waals surface area (Å²) < 4.78 is 37.6. The van der Waals surface area contributed by atoms with Gasteiger partial charge in [0.05, 0.1) is 38.6 Å². The fourth-order valence-electron chi connectivity index (χ4n) is 10.5. The van der Waals surface area contributed by atoms with Gasteiger partial charge in [0.2, 0.25) is 58.9 Å². The molecule has 812 valence electrons. The molecule has 0 radical (unpaired) electrons. The van der Waals surface area contributed by atoms with Crippen molar-refractivity contribution in [3.05, 3.63) is 183 Å². The van der Waals surface area contributed by atoms with Crippen LogP contribution in [0.4, 0.5) is 0 Å². The van der Waals surface area contributed by atoms with Gasteiger partial charge in [-0.3, -0.25) is 14.6 Å². The number of carbonyl (C=O) groups is 2. The molecule has 0 unspecified atom stereocenters. The molecule has 0 spiro atoms. The number of ether oxygens (including phenoxy) is 1. The van der Waals surface area contributed by atoms with Crippen LogP contribution in [0.3, 0.4) is 0 Å². The molecule has 1 amide bonds. The maximum atomic E-state index is 11.1. The van der Waals surface area contributed by atoms with Gasteiger partial charge in [-0.25, -0.2) is 34.6 Å². The molecule has 146 heavy (non-hydrogen) atoms. The lowest BCUT2D eigenvalue weighted by Gasteiger charge is -2.16. The van der Waals surface area contributed by atoms with Crippen LogP contribution in [0.2, 0.25) is 0 Å². The van der Waals surface area contributed by atoms with Crippen molar-refractivity contribution in [1.29, 1.82) is 0 Å². The van der Waals surface area contributed by atoms with Gasteiger partial charge in [0.1, 0.15) is 33.2 Å². The Kier molecular flexibility index (Phi) is 54.4. The molecule has 0 N–H and O–H groups in total. The fourth-order valence-corrected chi connectivity index (χ4v) is 15.4. The van der Waals surface area contributed by atoms with Gasteiger partial charge in [-0.2, -0.15) is 10.1 Å². The number of aliphatic imine (C=N–C) groups is 2. The molecule has 0 aliphatic carbocycles. The normalized spacial score (nSPS) is 12.7. The van der Waals surface area contributed by atoms with Gasteiger partial charge in [0, 0.05) is 163 Å². The minimum absolute atomic E-state index is 0.00914. The van der Waals surface area contributed by atoms with Crippen LogP contribution >= 0.6 is 68.4 Å². The number of carbonyl (C=O) groups excluding carboxylic acids is 2. The monoisotopic (exact) mass is 2130 g/mol. The minimum atomic E-state index is -0.346. The molecule has 14 heterocycles. The van der Waals surface area contributed by atoms with Gasteiger partial charge in [-0.05, 0) is 40.5 Å². The number of aryl methyl sites for hydroxylation is 8. The number of amides is 1. The smallest absolute Gasteiger partial charge is 0.315 e. The Morgan fingerprint density at radius 1 is 0.473 bits per heavy atom. The summed E-state index contributed by atoms with van der Waals surface area (Å²) in [6.45, 7) is 98.7. The van der Waals surface area contributed by atoms with E-state index in [-0.39, 0.29) is 72.4 Å². The quantitative estimate of drug-likeness (QED) is 0.121. The van der Waals surface area contributed by atoms with Gasteiger partial charge >= 0.3 is 5.97 Å². The Hall–Kier alpha value is -9.89. The lowest BCUT2D eigenvalue weighted by Crippen LogP contribution is -2.17. The zero-order valence-electron chi connectivity index (χ0n) is 97.2. The van der Waals surface area contributed by atoms with Crippen molar-refractivity contribution in [2.45, 2.75) is 424 Å². The second-order valence-electron chi connectivity index (χ2n) is 46.6. The van der Waals surface area contributed by atoms with Crippen LogP contribution in [0.25, 0.3) is 11.4 Å². The van der Waals surface area contributed by atoms with Crippen LogP contribution in [0.1, 0.15) is 433 Å². The molecular formula is C108H175N23O9S6. The van der Waals surface area contributed by atoms with Gasteiger partial charge in [-0.15, -0.1) is 130 Å². The van der Waals surface area contributed by atoms with Crippen LogP contribution < -0.4 is 0 Å². The van der Waals surface area contributed by atoms with Gasteiger partial charge in [0.15, 0.2) is 23.4 Å². The van der Waals surface area contributed by atoms with Crippen LogP contribution in [-0.4, -0.2) is 148 Å². The zero-order chi connectivity index (χ0) is 112. The van der Waals surface area contributed by atoms with E-state index in [1.807, 2.05) is 171 Å². The third-order valence-electron chi connectivity index (χ3n) is 18.8. The van der Waals surface area contributed by atoms with E-state index in [4.69, 9.17) is 31.3 Å². The predicted octanol–water partition coefficient (Wildman–Crippen LogP) is 28.8. The minimum Gasteiger partial charge on any atom is -0.466 e. The molecule has 0 bridgehead atoms. The SMILES string of the molecule is CC(C)(C)C1=NC(=O)CC1.CC(C)(C)C1=NCCS1.CC(C)(C)c1ncco1.CC(C)(C)c1nccs1.CC(C)(C)c1nncs1.CCOC(=O)Cc1nnc(C(C)(C)C)o1.CCc1csc(C(C)(C)C)n1.CCc1nnc(C(C)C)o1.Cc1csc(C(C)(C)C)n1.Cc1nnc(C(C)(C)C)o1.Cc1nnc(C(C)(C)C)o1.Cc1nnc(C(C)C)s1.Cc1noc(C(C)C)n1.Cn1nc(C(C)(C)C)nc1-c1ccccc1.